The molecule has 2 rings (SSSR count). The molecule has 1 aromatic heterocycles. The van der Waals surface area contributed by atoms with E-state index in [9.17, 15) is 0 Å². The Morgan fingerprint density at radius 3 is 2.73 bits per heavy atom. The van der Waals surface area contributed by atoms with Crippen LogP contribution in [0.3, 0.4) is 0 Å². The first-order valence-electron chi connectivity index (χ1n) is 6.91. The number of rotatable bonds is 6. The van der Waals surface area contributed by atoms with Crippen molar-refractivity contribution in [1.29, 1.82) is 0 Å². The standard InChI is InChI=1S/C15H19ClN4OS/c1-11-9-19-14(22-11)10-20-15(17-2)18-7-8-21-13-5-3-12(16)4-6-13/h3-6,9H,7-8,10H2,1-2H3,(H2,17,18,20). The SMILES string of the molecule is CN=C(NCCOc1ccc(Cl)cc1)NCc1ncc(C)s1. The fraction of sp³-hybridized carbons (Fsp3) is 0.333. The summed E-state index contributed by atoms with van der Waals surface area (Å²) in [5, 5.41) is 8.15. The second kappa shape index (κ2) is 8.60. The highest BCUT2D eigenvalue weighted by molar-refractivity contribution is 7.11. The summed E-state index contributed by atoms with van der Waals surface area (Å²) < 4.78 is 5.61. The first-order valence-corrected chi connectivity index (χ1v) is 8.11. The van der Waals surface area contributed by atoms with Crippen LogP contribution in [0.5, 0.6) is 5.75 Å². The Labute approximate surface area is 139 Å². The average molecular weight is 339 g/mol. The van der Waals surface area contributed by atoms with E-state index in [-0.39, 0.29) is 0 Å². The van der Waals surface area contributed by atoms with Crippen LogP contribution >= 0.6 is 22.9 Å². The summed E-state index contributed by atoms with van der Waals surface area (Å²) in [5.41, 5.74) is 0. The molecule has 0 bridgehead atoms. The van der Waals surface area contributed by atoms with E-state index in [4.69, 9.17) is 16.3 Å². The zero-order valence-corrected chi connectivity index (χ0v) is 14.2. The van der Waals surface area contributed by atoms with Gasteiger partial charge in [0.2, 0.25) is 0 Å². The van der Waals surface area contributed by atoms with Crippen molar-refractivity contribution >= 4 is 28.9 Å². The summed E-state index contributed by atoms with van der Waals surface area (Å²) in [6, 6.07) is 7.31. The smallest absolute Gasteiger partial charge is 0.191 e. The maximum absolute atomic E-state index is 5.82. The van der Waals surface area contributed by atoms with Crippen molar-refractivity contribution in [3.8, 4) is 5.75 Å². The van der Waals surface area contributed by atoms with Crippen LogP contribution in [0.1, 0.15) is 9.88 Å². The summed E-state index contributed by atoms with van der Waals surface area (Å²) in [7, 11) is 1.74. The number of benzene rings is 1. The minimum atomic E-state index is 0.540. The zero-order chi connectivity index (χ0) is 15.8. The Hall–Kier alpha value is -1.79. The second-order valence-electron chi connectivity index (χ2n) is 4.52. The van der Waals surface area contributed by atoms with Crippen molar-refractivity contribution in [2.24, 2.45) is 4.99 Å². The number of ether oxygens (including phenoxy) is 1. The lowest BCUT2D eigenvalue weighted by Gasteiger charge is -2.11. The van der Waals surface area contributed by atoms with Crippen LogP contribution in [0.4, 0.5) is 0 Å². The molecule has 0 atom stereocenters. The highest BCUT2D eigenvalue weighted by Crippen LogP contribution is 2.15. The Kier molecular flexibility index (Phi) is 6.48. The van der Waals surface area contributed by atoms with E-state index in [2.05, 4.69) is 20.6 Å². The molecular weight excluding hydrogens is 320 g/mol. The van der Waals surface area contributed by atoms with Gasteiger partial charge in [-0.15, -0.1) is 11.3 Å². The average Bonchev–Trinajstić information content (AvgIpc) is 2.94. The number of hydrogen-bond acceptors (Lipinski definition) is 4. The van der Waals surface area contributed by atoms with Crippen molar-refractivity contribution < 1.29 is 4.74 Å². The number of aromatic nitrogens is 1. The molecule has 0 fully saturated rings. The summed E-state index contributed by atoms with van der Waals surface area (Å²) in [5.74, 6) is 1.53. The molecule has 2 aromatic rings. The number of aliphatic imine (C=N–C) groups is 1. The molecule has 0 aliphatic heterocycles. The summed E-state index contributed by atoms with van der Waals surface area (Å²) in [6.07, 6.45) is 1.87. The molecule has 5 nitrogen and oxygen atoms in total. The molecule has 0 saturated heterocycles. The third kappa shape index (κ3) is 5.54. The fourth-order valence-electron chi connectivity index (χ4n) is 1.73. The monoisotopic (exact) mass is 338 g/mol. The molecule has 2 N–H and O–H groups in total. The molecule has 0 amide bonds. The predicted molar refractivity (Wildman–Crippen MR) is 92.0 cm³/mol. The lowest BCUT2D eigenvalue weighted by Crippen LogP contribution is -2.38. The van der Waals surface area contributed by atoms with E-state index >= 15 is 0 Å². The molecule has 0 saturated carbocycles. The molecule has 1 heterocycles. The number of hydrogen-bond donors (Lipinski definition) is 2. The van der Waals surface area contributed by atoms with Crippen LogP contribution in [0, 0.1) is 6.92 Å². The quantitative estimate of drug-likeness (QED) is 0.483. The Morgan fingerprint density at radius 1 is 1.32 bits per heavy atom. The Balaban J connectivity index is 1.67. The second-order valence-corrected chi connectivity index (χ2v) is 6.28. The third-order valence-electron chi connectivity index (χ3n) is 2.78. The molecule has 0 aliphatic carbocycles. The number of thiazole rings is 1. The van der Waals surface area contributed by atoms with Gasteiger partial charge in [0.05, 0.1) is 13.1 Å². The molecule has 0 radical (unpaired) electrons. The number of nitrogens with one attached hydrogen (secondary N) is 2. The number of halogens is 1. The topological polar surface area (TPSA) is 58.5 Å². The number of nitrogens with zero attached hydrogens (tertiary/aromatic N) is 2. The number of aryl methyl sites for hydroxylation is 1. The van der Waals surface area contributed by atoms with E-state index in [1.807, 2.05) is 25.3 Å². The van der Waals surface area contributed by atoms with Gasteiger partial charge in [-0.25, -0.2) is 4.98 Å². The number of guanidine groups is 1. The van der Waals surface area contributed by atoms with E-state index in [1.54, 1.807) is 30.5 Å². The van der Waals surface area contributed by atoms with E-state index in [0.29, 0.717) is 24.7 Å². The van der Waals surface area contributed by atoms with Crippen LogP contribution in [-0.4, -0.2) is 31.1 Å². The lowest BCUT2D eigenvalue weighted by molar-refractivity contribution is 0.322. The minimum absolute atomic E-state index is 0.540. The van der Waals surface area contributed by atoms with Gasteiger partial charge in [0.1, 0.15) is 17.4 Å². The summed E-state index contributed by atoms with van der Waals surface area (Å²) in [6.45, 7) is 3.90. The van der Waals surface area contributed by atoms with Gasteiger partial charge >= 0.3 is 0 Å². The van der Waals surface area contributed by atoms with Gasteiger partial charge < -0.3 is 15.4 Å². The van der Waals surface area contributed by atoms with Crippen molar-refractivity contribution in [1.82, 2.24) is 15.6 Å². The van der Waals surface area contributed by atoms with Gasteiger partial charge in [-0.2, -0.15) is 0 Å². The van der Waals surface area contributed by atoms with Crippen LogP contribution in [0.15, 0.2) is 35.5 Å². The van der Waals surface area contributed by atoms with Gasteiger partial charge in [-0.1, -0.05) is 11.6 Å². The first-order chi connectivity index (χ1) is 10.7. The Bertz CT molecular complexity index is 612. The van der Waals surface area contributed by atoms with Crippen LogP contribution < -0.4 is 15.4 Å². The van der Waals surface area contributed by atoms with E-state index in [1.165, 1.54) is 4.88 Å². The third-order valence-corrected chi connectivity index (χ3v) is 3.94. The molecule has 22 heavy (non-hydrogen) atoms. The Morgan fingerprint density at radius 2 is 2.09 bits per heavy atom. The van der Waals surface area contributed by atoms with Crippen molar-refractivity contribution in [2.75, 3.05) is 20.2 Å². The fourth-order valence-corrected chi connectivity index (χ4v) is 2.59. The van der Waals surface area contributed by atoms with E-state index in [0.717, 1.165) is 16.7 Å². The normalized spacial score (nSPS) is 11.3. The van der Waals surface area contributed by atoms with Crippen LogP contribution in [0.2, 0.25) is 5.02 Å². The minimum Gasteiger partial charge on any atom is -0.492 e. The highest BCUT2D eigenvalue weighted by Gasteiger charge is 2.01. The van der Waals surface area contributed by atoms with Gasteiger partial charge in [0.25, 0.3) is 0 Å². The maximum atomic E-state index is 5.82. The van der Waals surface area contributed by atoms with Crippen LogP contribution in [-0.2, 0) is 6.54 Å². The molecule has 118 valence electrons. The zero-order valence-electron chi connectivity index (χ0n) is 12.6. The van der Waals surface area contributed by atoms with Gasteiger partial charge in [0.15, 0.2) is 5.96 Å². The molecule has 0 spiro atoms. The highest BCUT2D eigenvalue weighted by atomic mass is 35.5. The van der Waals surface area contributed by atoms with E-state index < -0.39 is 0 Å². The first kappa shape index (κ1) is 16.6. The molecule has 0 aliphatic rings. The van der Waals surface area contributed by atoms with Crippen molar-refractivity contribution in [3.63, 3.8) is 0 Å². The molecular formula is C15H19ClN4OS. The largest absolute Gasteiger partial charge is 0.492 e. The summed E-state index contributed by atoms with van der Waals surface area (Å²) >= 11 is 7.50. The van der Waals surface area contributed by atoms with Crippen molar-refractivity contribution in [2.45, 2.75) is 13.5 Å². The van der Waals surface area contributed by atoms with Crippen LogP contribution in [0.25, 0.3) is 0 Å². The molecule has 7 heteroatoms. The summed E-state index contributed by atoms with van der Waals surface area (Å²) in [4.78, 5) is 9.67. The van der Waals surface area contributed by atoms with Gasteiger partial charge in [-0.05, 0) is 31.2 Å². The predicted octanol–water partition coefficient (Wildman–Crippen LogP) is 2.85. The molecule has 1 aromatic carbocycles. The molecule has 0 unspecified atom stereocenters. The maximum Gasteiger partial charge on any atom is 0.191 e. The lowest BCUT2D eigenvalue weighted by atomic mass is 10.3. The van der Waals surface area contributed by atoms with Gasteiger partial charge in [0, 0.05) is 23.1 Å². The van der Waals surface area contributed by atoms with Crippen molar-refractivity contribution in [3.05, 3.63) is 45.4 Å². The van der Waals surface area contributed by atoms with Gasteiger partial charge in [-0.3, -0.25) is 4.99 Å².